The fraction of sp³-hybridized carbons (Fsp3) is 0.304. The molecule has 27 heavy (non-hydrogen) atoms. The van der Waals surface area contributed by atoms with Gasteiger partial charge in [-0.15, -0.1) is 0 Å². The number of hydrogen-bond acceptors (Lipinski definition) is 4. The van der Waals surface area contributed by atoms with Crippen LogP contribution in [0.2, 0.25) is 0 Å². The number of benzene rings is 2. The molecule has 1 heterocycles. The van der Waals surface area contributed by atoms with E-state index in [1.165, 1.54) is 18.9 Å². The number of carbonyl (C=O) groups excluding carboxylic acids is 2. The van der Waals surface area contributed by atoms with Crippen molar-refractivity contribution in [2.45, 2.75) is 46.0 Å². The first-order chi connectivity index (χ1) is 13.0. The molecule has 1 aliphatic rings. The molecule has 0 radical (unpaired) electrons. The molecule has 0 bridgehead atoms. The van der Waals surface area contributed by atoms with E-state index in [9.17, 15) is 14.7 Å². The minimum Gasteiger partial charge on any atom is -0.507 e. The van der Waals surface area contributed by atoms with Crippen molar-refractivity contribution < 1.29 is 19.1 Å². The summed E-state index contributed by atoms with van der Waals surface area (Å²) in [6, 6.07) is 8.34. The monoisotopic (exact) mass is 362 g/mol. The van der Waals surface area contributed by atoms with Crippen LogP contribution < -0.4 is 0 Å². The van der Waals surface area contributed by atoms with Gasteiger partial charge in [-0.25, -0.2) is 0 Å². The van der Waals surface area contributed by atoms with Gasteiger partial charge in [-0.2, -0.15) is 0 Å². The number of carbonyl (C=O) groups is 2. The molecule has 3 aromatic rings. The van der Waals surface area contributed by atoms with E-state index in [0.29, 0.717) is 11.1 Å². The van der Waals surface area contributed by atoms with Crippen LogP contribution in [-0.4, -0.2) is 16.7 Å². The first-order valence-electron chi connectivity index (χ1n) is 9.50. The summed E-state index contributed by atoms with van der Waals surface area (Å²) in [6.07, 6.45) is 5.35. The number of phenolic OH excluding ortho intramolecular Hbond substituents is 1. The third-order valence-electron chi connectivity index (χ3n) is 5.33. The molecule has 0 saturated carbocycles. The summed E-state index contributed by atoms with van der Waals surface area (Å²) < 4.78 is 6.05. The van der Waals surface area contributed by atoms with Gasteiger partial charge < -0.3 is 9.52 Å². The van der Waals surface area contributed by atoms with Crippen molar-refractivity contribution in [1.29, 1.82) is 0 Å². The summed E-state index contributed by atoms with van der Waals surface area (Å²) in [5.41, 5.74) is 2.32. The van der Waals surface area contributed by atoms with E-state index in [4.69, 9.17) is 4.42 Å². The Morgan fingerprint density at radius 3 is 2.56 bits per heavy atom. The van der Waals surface area contributed by atoms with Crippen molar-refractivity contribution in [2.24, 2.45) is 0 Å². The van der Waals surface area contributed by atoms with Gasteiger partial charge in [0.25, 0.3) is 0 Å². The fourth-order valence-corrected chi connectivity index (χ4v) is 3.90. The van der Waals surface area contributed by atoms with Crippen molar-refractivity contribution in [3.8, 4) is 5.75 Å². The number of furan rings is 1. The minimum atomic E-state index is -0.352. The van der Waals surface area contributed by atoms with Crippen molar-refractivity contribution in [2.75, 3.05) is 0 Å². The number of fused-ring (bicyclic) bond motifs is 4. The van der Waals surface area contributed by atoms with Gasteiger partial charge in [0.05, 0.1) is 11.1 Å². The number of unbranched alkanes of at least 4 members (excludes halogenated alkanes) is 3. The molecule has 1 N–H and O–H groups in total. The third-order valence-corrected chi connectivity index (χ3v) is 5.33. The van der Waals surface area contributed by atoms with E-state index in [-0.39, 0.29) is 34.0 Å². The lowest BCUT2D eigenvalue weighted by Crippen LogP contribution is -2.21. The maximum Gasteiger partial charge on any atom is 0.202 e. The molecular formula is C23H22O4. The highest BCUT2D eigenvalue weighted by Crippen LogP contribution is 2.38. The van der Waals surface area contributed by atoms with Crippen LogP contribution in [0.25, 0.3) is 11.0 Å². The zero-order chi connectivity index (χ0) is 19.1. The molecule has 0 fully saturated rings. The highest BCUT2D eigenvalue weighted by atomic mass is 16.3. The molecule has 0 amide bonds. The summed E-state index contributed by atoms with van der Waals surface area (Å²) in [5.74, 6) is 0.0634. The Labute approximate surface area is 157 Å². The summed E-state index contributed by atoms with van der Waals surface area (Å²) in [4.78, 5) is 26.1. The van der Waals surface area contributed by atoms with Gasteiger partial charge in [-0.3, -0.25) is 9.59 Å². The lowest BCUT2D eigenvalue weighted by Gasteiger charge is -2.19. The Kier molecular flexibility index (Phi) is 4.34. The van der Waals surface area contributed by atoms with Crippen LogP contribution in [0.3, 0.4) is 0 Å². The Morgan fingerprint density at radius 1 is 0.963 bits per heavy atom. The number of rotatable bonds is 5. The van der Waals surface area contributed by atoms with Gasteiger partial charge in [-0.05, 0) is 37.1 Å². The first-order valence-corrected chi connectivity index (χ1v) is 9.50. The molecule has 0 atom stereocenters. The fourth-order valence-electron chi connectivity index (χ4n) is 3.90. The number of aromatic hydroxyl groups is 1. The van der Waals surface area contributed by atoms with E-state index in [2.05, 4.69) is 6.92 Å². The summed E-state index contributed by atoms with van der Waals surface area (Å²) in [7, 11) is 0. The topological polar surface area (TPSA) is 67.5 Å². The molecule has 0 unspecified atom stereocenters. The normalized spacial score (nSPS) is 13.1. The number of ketones is 2. The van der Waals surface area contributed by atoms with Crippen LogP contribution in [0.5, 0.6) is 5.75 Å². The summed E-state index contributed by atoms with van der Waals surface area (Å²) >= 11 is 0. The minimum absolute atomic E-state index is 0.0704. The number of aryl methyl sites for hydroxylation is 2. The highest BCUT2D eigenvalue weighted by Gasteiger charge is 2.35. The van der Waals surface area contributed by atoms with Crippen LogP contribution in [-0.2, 0) is 6.42 Å². The molecule has 4 rings (SSSR count). The molecule has 4 nitrogen and oxygen atoms in total. The van der Waals surface area contributed by atoms with Gasteiger partial charge in [-0.1, -0.05) is 38.3 Å². The molecule has 138 valence electrons. The average molecular weight is 362 g/mol. The van der Waals surface area contributed by atoms with E-state index in [1.807, 2.05) is 13.0 Å². The van der Waals surface area contributed by atoms with E-state index in [0.717, 1.165) is 36.0 Å². The second-order valence-corrected chi connectivity index (χ2v) is 7.24. The Balaban J connectivity index is 1.84. The Morgan fingerprint density at radius 2 is 1.78 bits per heavy atom. The van der Waals surface area contributed by atoms with E-state index in [1.54, 1.807) is 18.2 Å². The van der Waals surface area contributed by atoms with Crippen molar-refractivity contribution in [3.63, 3.8) is 0 Å². The molecule has 4 heteroatoms. The van der Waals surface area contributed by atoms with Gasteiger partial charge >= 0.3 is 0 Å². The molecule has 0 aliphatic heterocycles. The quantitative estimate of drug-likeness (QED) is 0.486. The van der Waals surface area contributed by atoms with Crippen molar-refractivity contribution in [3.05, 3.63) is 63.9 Å². The molecule has 2 aromatic carbocycles. The van der Waals surface area contributed by atoms with E-state index >= 15 is 0 Å². The zero-order valence-corrected chi connectivity index (χ0v) is 15.6. The lowest BCUT2D eigenvalue weighted by atomic mass is 9.82. The molecule has 0 spiro atoms. The SMILES string of the molecule is CCCCCCc1cc2c(C)cc3c(c2o1)C(=O)c1c(O)cccc1C3=O. The first kappa shape index (κ1) is 17.5. The number of phenols is 1. The van der Waals surface area contributed by atoms with Crippen molar-refractivity contribution >= 4 is 22.5 Å². The number of hydrogen-bond donors (Lipinski definition) is 1. The summed E-state index contributed by atoms with van der Waals surface area (Å²) in [5, 5.41) is 11.0. The van der Waals surface area contributed by atoms with Crippen LogP contribution in [0.4, 0.5) is 0 Å². The van der Waals surface area contributed by atoms with Crippen molar-refractivity contribution in [1.82, 2.24) is 0 Å². The zero-order valence-electron chi connectivity index (χ0n) is 15.6. The second kappa shape index (κ2) is 6.69. The molecule has 1 aromatic heterocycles. The predicted octanol–water partition coefficient (Wildman–Crippen LogP) is 5.35. The van der Waals surface area contributed by atoms with Crippen LogP contribution in [0, 0.1) is 6.92 Å². The lowest BCUT2D eigenvalue weighted by molar-refractivity contribution is 0.0977. The van der Waals surface area contributed by atoms with Crippen LogP contribution in [0.1, 0.15) is 75.8 Å². The maximum atomic E-state index is 13.1. The Bertz CT molecular complexity index is 1070. The smallest absolute Gasteiger partial charge is 0.202 e. The largest absolute Gasteiger partial charge is 0.507 e. The molecule has 1 aliphatic carbocycles. The highest BCUT2D eigenvalue weighted by molar-refractivity contribution is 6.32. The van der Waals surface area contributed by atoms with Gasteiger partial charge in [0.2, 0.25) is 5.78 Å². The molecular weight excluding hydrogens is 340 g/mol. The predicted molar refractivity (Wildman–Crippen MR) is 104 cm³/mol. The van der Waals surface area contributed by atoms with Crippen LogP contribution >= 0.6 is 0 Å². The van der Waals surface area contributed by atoms with E-state index < -0.39 is 0 Å². The van der Waals surface area contributed by atoms with Gasteiger partial charge in [0, 0.05) is 22.9 Å². The Hall–Kier alpha value is -2.88. The summed E-state index contributed by atoms with van der Waals surface area (Å²) in [6.45, 7) is 4.10. The van der Waals surface area contributed by atoms with Gasteiger partial charge in [0.15, 0.2) is 5.78 Å². The van der Waals surface area contributed by atoms with Crippen LogP contribution in [0.15, 0.2) is 34.7 Å². The third kappa shape index (κ3) is 2.76. The standard InChI is InChI=1S/C23H22O4/c1-3-4-5-6-8-14-12-16-13(2)11-17-20(23(16)27-14)22(26)19-15(21(17)25)9-7-10-18(19)24/h7,9-12,24H,3-6,8H2,1-2H3. The van der Waals surface area contributed by atoms with Gasteiger partial charge in [0.1, 0.15) is 17.1 Å². The molecule has 0 saturated heterocycles. The maximum absolute atomic E-state index is 13.1. The average Bonchev–Trinajstić information content (AvgIpc) is 3.07. The second-order valence-electron chi connectivity index (χ2n) is 7.24.